The number of anilines is 2. The molecule has 2 N–H and O–H groups in total. The Bertz CT molecular complexity index is 1710. The fourth-order valence-corrected chi connectivity index (χ4v) is 4.27. The van der Waals surface area contributed by atoms with Gasteiger partial charge in [-0.15, -0.1) is 5.10 Å². The number of halogens is 2. The molecule has 0 aliphatic rings. The molecule has 1 atom stereocenters. The van der Waals surface area contributed by atoms with E-state index in [1.54, 1.807) is 36.8 Å². The van der Waals surface area contributed by atoms with E-state index in [0.29, 0.717) is 50.7 Å². The summed E-state index contributed by atoms with van der Waals surface area (Å²) in [5.41, 5.74) is 3.27. The van der Waals surface area contributed by atoms with Crippen LogP contribution in [0.15, 0.2) is 73.3 Å². The average molecular weight is 542 g/mol. The molecular formula is C29H26ClFN8. The molecule has 196 valence electrons. The smallest absolute Gasteiger partial charge is 0.123 e. The highest BCUT2D eigenvalue weighted by Crippen LogP contribution is 2.36. The highest BCUT2D eigenvalue weighted by atomic mass is 35.5. The minimum Gasteiger partial charge on any atom is -0.383 e. The number of nitriles is 1. The Morgan fingerprint density at radius 1 is 1.18 bits per heavy atom. The van der Waals surface area contributed by atoms with Crippen LogP contribution >= 0.6 is 11.6 Å². The predicted octanol–water partition coefficient (Wildman–Crippen LogP) is 6.53. The Kier molecular flexibility index (Phi) is 6.78. The molecule has 0 bridgehead atoms. The molecule has 3 heterocycles. The summed E-state index contributed by atoms with van der Waals surface area (Å²) in [5, 5.41) is 25.9. The highest BCUT2D eigenvalue weighted by Gasteiger charge is 2.21. The van der Waals surface area contributed by atoms with Gasteiger partial charge in [-0.25, -0.2) is 9.07 Å². The van der Waals surface area contributed by atoms with Gasteiger partial charge in [0.25, 0.3) is 0 Å². The molecule has 0 aliphatic carbocycles. The first kappa shape index (κ1) is 24.8. The van der Waals surface area contributed by atoms with Crippen LogP contribution in [-0.2, 0) is 0 Å². The largest absolute Gasteiger partial charge is 0.383 e. The molecular weight excluding hydrogens is 515 g/mol. The summed E-state index contributed by atoms with van der Waals surface area (Å²) >= 11 is 6.68. The molecule has 0 amide bonds. The van der Waals surface area contributed by atoms with E-state index in [9.17, 15) is 11.0 Å². The lowest BCUT2D eigenvalue weighted by atomic mass is 9.96. The number of pyridine rings is 2. The van der Waals surface area contributed by atoms with Gasteiger partial charge in [-0.05, 0) is 47.4 Å². The lowest BCUT2D eigenvalue weighted by Crippen LogP contribution is -2.20. The third-order valence-corrected chi connectivity index (χ3v) is 6.19. The summed E-state index contributed by atoms with van der Waals surface area (Å²) in [6.07, 6.45) is 6.40. The molecule has 0 spiro atoms. The van der Waals surface area contributed by atoms with E-state index >= 15 is 0 Å². The van der Waals surface area contributed by atoms with Gasteiger partial charge in [0.1, 0.15) is 17.6 Å². The zero-order chi connectivity index (χ0) is 28.5. The summed E-state index contributed by atoms with van der Waals surface area (Å²) in [6.45, 7) is 6.87. The van der Waals surface area contributed by atoms with Gasteiger partial charge < -0.3 is 10.6 Å². The fourth-order valence-electron chi connectivity index (χ4n) is 4.00. The van der Waals surface area contributed by atoms with Crippen LogP contribution < -0.4 is 10.6 Å². The first-order valence-corrected chi connectivity index (χ1v) is 12.6. The lowest BCUT2D eigenvalue weighted by molar-refractivity contribution is 0.443. The second kappa shape index (κ2) is 10.7. The molecule has 39 heavy (non-hydrogen) atoms. The van der Waals surface area contributed by atoms with Crippen LogP contribution in [0.25, 0.3) is 16.6 Å². The Labute approximate surface area is 231 Å². The Hall–Kier alpha value is -4.55. The van der Waals surface area contributed by atoms with Crippen molar-refractivity contribution in [3.8, 4) is 11.8 Å². The van der Waals surface area contributed by atoms with Crippen molar-refractivity contribution in [1.82, 2.24) is 25.0 Å². The van der Waals surface area contributed by atoms with Crippen molar-refractivity contribution in [2.75, 3.05) is 17.2 Å². The van der Waals surface area contributed by atoms with Crippen molar-refractivity contribution in [2.45, 2.75) is 26.8 Å². The monoisotopic (exact) mass is 541 g/mol. The van der Waals surface area contributed by atoms with Crippen LogP contribution in [0.4, 0.5) is 15.8 Å². The molecule has 0 fully saturated rings. The Morgan fingerprint density at radius 3 is 2.67 bits per heavy atom. The van der Waals surface area contributed by atoms with E-state index < -0.39 is 11.8 Å². The third kappa shape index (κ3) is 5.81. The molecule has 10 heteroatoms. The van der Waals surface area contributed by atoms with Crippen molar-refractivity contribution in [3.63, 3.8) is 0 Å². The zero-order valence-corrected chi connectivity index (χ0v) is 22.3. The van der Waals surface area contributed by atoms with Gasteiger partial charge in [0.05, 0.1) is 47.3 Å². The molecule has 5 aromatic rings. The predicted molar refractivity (Wildman–Crippen MR) is 150 cm³/mol. The average Bonchev–Trinajstić information content (AvgIpc) is 3.43. The van der Waals surface area contributed by atoms with Crippen molar-refractivity contribution in [1.29, 1.82) is 5.26 Å². The Balaban J connectivity index is 1.63. The van der Waals surface area contributed by atoms with Crippen LogP contribution in [0.3, 0.4) is 0 Å². The molecule has 0 aliphatic heterocycles. The minimum absolute atomic E-state index is 0.0546. The van der Waals surface area contributed by atoms with E-state index in [1.807, 2.05) is 6.07 Å². The second-order valence-electron chi connectivity index (χ2n) is 10.2. The zero-order valence-electron chi connectivity index (χ0n) is 22.6. The van der Waals surface area contributed by atoms with Gasteiger partial charge in [-0.2, -0.15) is 5.26 Å². The fraction of sp³-hybridized carbons (Fsp3) is 0.207. The molecule has 0 saturated heterocycles. The number of hydrogen-bond donors (Lipinski definition) is 2. The summed E-state index contributed by atoms with van der Waals surface area (Å²) in [5.74, 6) is -0.427. The van der Waals surface area contributed by atoms with Gasteiger partial charge in [0.2, 0.25) is 0 Å². The number of hydrogen-bond acceptors (Lipinski definition) is 7. The first-order chi connectivity index (χ1) is 19.1. The standard InChI is InChI=1S/C29H26ClFN8/c1-29(2,3)17-35-26-19(13-32)14-34-28-23(26)11-21(12-24(28)30)36-27(18-6-8-20(31)9-7-18)25-16-39(38-37-25)22-5-4-10-33-15-22/h4-12,14-16,27,36H,17H2,1-3H3,(H,34,35)/t27-/m0/s1/i27D. The number of nitrogens with one attached hydrogen (secondary N) is 2. The van der Waals surface area contributed by atoms with Crippen LogP contribution in [0, 0.1) is 22.6 Å². The SMILES string of the molecule is [2H][C@](Nc1cc(Cl)c2ncc(C#N)c(NCC(C)(C)C)c2c1)(c1ccc(F)cc1)c1cn(-c2cccnc2)nn1. The molecule has 2 aromatic carbocycles. The molecule has 0 radical (unpaired) electrons. The van der Waals surface area contributed by atoms with Crippen molar-refractivity contribution < 1.29 is 5.76 Å². The summed E-state index contributed by atoms with van der Waals surface area (Å²) in [7, 11) is 0. The lowest BCUT2D eigenvalue weighted by Gasteiger charge is -2.22. The maximum absolute atomic E-state index is 13.9. The van der Waals surface area contributed by atoms with Crippen molar-refractivity contribution in [3.05, 3.63) is 101 Å². The number of rotatable bonds is 7. The molecule has 3 aromatic heterocycles. The van der Waals surface area contributed by atoms with E-state index in [-0.39, 0.29) is 11.1 Å². The first-order valence-electron chi connectivity index (χ1n) is 12.7. The van der Waals surface area contributed by atoms with Crippen LogP contribution in [-0.4, -0.2) is 31.5 Å². The second-order valence-corrected chi connectivity index (χ2v) is 10.6. The topological polar surface area (TPSA) is 104 Å². The van der Waals surface area contributed by atoms with Gasteiger partial charge in [-0.3, -0.25) is 9.97 Å². The van der Waals surface area contributed by atoms with Gasteiger partial charge >= 0.3 is 0 Å². The van der Waals surface area contributed by atoms with Crippen LogP contribution in [0.1, 0.15) is 45.0 Å². The molecule has 8 nitrogen and oxygen atoms in total. The van der Waals surface area contributed by atoms with E-state index in [4.69, 9.17) is 11.6 Å². The highest BCUT2D eigenvalue weighted by molar-refractivity contribution is 6.35. The molecule has 0 unspecified atom stereocenters. The maximum Gasteiger partial charge on any atom is 0.123 e. The third-order valence-electron chi connectivity index (χ3n) is 5.90. The van der Waals surface area contributed by atoms with Gasteiger partial charge in [0.15, 0.2) is 0 Å². The number of benzene rings is 2. The van der Waals surface area contributed by atoms with E-state index in [1.165, 1.54) is 35.1 Å². The van der Waals surface area contributed by atoms with Crippen LogP contribution in [0.2, 0.25) is 5.02 Å². The Morgan fingerprint density at radius 2 is 1.97 bits per heavy atom. The quantitative estimate of drug-likeness (QED) is 0.241. The summed E-state index contributed by atoms with van der Waals surface area (Å²) < 4.78 is 24.9. The van der Waals surface area contributed by atoms with Crippen molar-refractivity contribution >= 4 is 33.9 Å². The van der Waals surface area contributed by atoms with Gasteiger partial charge in [0, 0.05) is 30.0 Å². The molecule has 0 saturated carbocycles. The van der Waals surface area contributed by atoms with Gasteiger partial charge in [-0.1, -0.05) is 49.7 Å². The molecule has 5 rings (SSSR count). The van der Waals surface area contributed by atoms with Crippen molar-refractivity contribution in [2.24, 2.45) is 5.41 Å². The van der Waals surface area contributed by atoms with Crippen LogP contribution in [0.5, 0.6) is 0 Å². The summed E-state index contributed by atoms with van der Waals surface area (Å²) in [6, 6.07) is 13.2. The number of aromatic nitrogens is 5. The summed E-state index contributed by atoms with van der Waals surface area (Å²) in [4.78, 5) is 8.53. The number of nitrogens with zero attached hydrogens (tertiary/aromatic N) is 6. The number of fused-ring (bicyclic) bond motifs is 1. The minimum atomic E-state index is -1.69. The van der Waals surface area contributed by atoms with E-state index in [2.05, 4.69) is 57.8 Å². The maximum atomic E-state index is 13.9. The normalized spacial score (nSPS) is 13.4. The van der Waals surface area contributed by atoms with E-state index in [0.717, 1.165) is 0 Å².